The number of amides is 2. The van der Waals surface area contributed by atoms with Crippen molar-refractivity contribution in [2.45, 2.75) is 46.1 Å². The predicted molar refractivity (Wildman–Crippen MR) is 87.3 cm³/mol. The summed E-state index contributed by atoms with van der Waals surface area (Å²) in [6, 6.07) is 10.0. The molecule has 22 heavy (non-hydrogen) atoms. The molecule has 0 bridgehead atoms. The van der Waals surface area contributed by atoms with E-state index >= 15 is 0 Å². The summed E-state index contributed by atoms with van der Waals surface area (Å²) in [7, 11) is 0. The molecule has 0 aromatic heterocycles. The van der Waals surface area contributed by atoms with Crippen LogP contribution in [0, 0.1) is 5.41 Å². The molecule has 0 saturated carbocycles. The molecular formula is C18H26N2O2. The lowest BCUT2D eigenvalue weighted by molar-refractivity contribution is -0.132. The first-order valence-electron chi connectivity index (χ1n) is 7.99. The van der Waals surface area contributed by atoms with Gasteiger partial charge in [0.2, 0.25) is 11.8 Å². The highest BCUT2D eigenvalue weighted by Crippen LogP contribution is 2.17. The van der Waals surface area contributed by atoms with E-state index in [0.717, 1.165) is 31.5 Å². The van der Waals surface area contributed by atoms with E-state index in [1.54, 1.807) is 0 Å². The second-order valence-corrected chi connectivity index (χ2v) is 7.04. The fourth-order valence-electron chi connectivity index (χ4n) is 2.56. The fourth-order valence-corrected chi connectivity index (χ4v) is 2.56. The molecule has 1 aliphatic heterocycles. The summed E-state index contributed by atoms with van der Waals surface area (Å²) < 4.78 is 0. The van der Waals surface area contributed by atoms with Crippen molar-refractivity contribution in [1.29, 1.82) is 0 Å². The Morgan fingerprint density at radius 3 is 2.27 bits per heavy atom. The van der Waals surface area contributed by atoms with Crippen molar-refractivity contribution in [3.63, 3.8) is 0 Å². The van der Waals surface area contributed by atoms with Gasteiger partial charge in [-0.25, -0.2) is 0 Å². The molecular weight excluding hydrogens is 276 g/mol. The Labute approximate surface area is 132 Å². The third-order valence-electron chi connectivity index (χ3n) is 4.06. The molecule has 1 aromatic rings. The van der Waals surface area contributed by atoms with Crippen LogP contribution in [-0.4, -0.2) is 35.8 Å². The highest BCUT2D eigenvalue weighted by Gasteiger charge is 2.27. The van der Waals surface area contributed by atoms with Gasteiger partial charge in [-0.05, 0) is 18.4 Å². The summed E-state index contributed by atoms with van der Waals surface area (Å²) in [5.41, 5.74) is 0.691. The Hall–Kier alpha value is -1.84. The number of hydrogen-bond acceptors (Lipinski definition) is 2. The normalized spacial score (nSPS) is 16.4. The molecule has 1 aromatic carbocycles. The van der Waals surface area contributed by atoms with Crippen LogP contribution in [0.5, 0.6) is 0 Å². The number of benzene rings is 1. The summed E-state index contributed by atoms with van der Waals surface area (Å²) in [6.45, 7) is 7.20. The highest BCUT2D eigenvalue weighted by atomic mass is 16.2. The maximum atomic E-state index is 12.3. The quantitative estimate of drug-likeness (QED) is 0.932. The van der Waals surface area contributed by atoms with Gasteiger partial charge in [0.1, 0.15) is 0 Å². The van der Waals surface area contributed by atoms with Gasteiger partial charge in [0, 0.05) is 24.5 Å². The van der Waals surface area contributed by atoms with E-state index in [1.165, 1.54) is 0 Å². The Balaban J connectivity index is 1.79. The first kappa shape index (κ1) is 16.5. The van der Waals surface area contributed by atoms with E-state index in [4.69, 9.17) is 0 Å². The van der Waals surface area contributed by atoms with Crippen LogP contribution < -0.4 is 5.32 Å². The first-order valence-corrected chi connectivity index (χ1v) is 7.99. The number of nitrogens with one attached hydrogen (secondary N) is 1. The van der Waals surface area contributed by atoms with Crippen LogP contribution in [0.4, 0.5) is 0 Å². The van der Waals surface area contributed by atoms with Crippen LogP contribution in [0.3, 0.4) is 0 Å². The summed E-state index contributed by atoms with van der Waals surface area (Å²) in [5.74, 6) is 0.258. The largest absolute Gasteiger partial charge is 0.353 e. The average Bonchev–Trinajstić information content (AvgIpc) is 2.48. The maximum absolute atomic E-state index is 12.3. The van der Waals surface area contributed by atoms with Crippen molar-refractivity contribution in [1.82, 2.24) is 10.2 Å². The van der Waals surface area contributed by atoms with E-state index in [0.29, 0.717) is 6.42 Å². The Bertz CT molecular complexity index is 512. The highest BCUT2D eigenvalue weighted by molar-refractivity contribution is 5.82. The second-order valence-electron chi connectivity index (χ2n) is 7.04. The Morgan fingerprint density at radius 2 is 1.73 bits per heavy atom. The third-order valence-corrected chi connectivity index (χ3v) is 4.06. The van der Waals surface area contributed by atoms with Crippen LogP contribution >= 0.6 is 0 Å². The van der Waals surface area contributed by atoms with Gasteiger partial charge >= 0.3 is 0 Å². The van der Waals surface area contributed by atoms with E-state index in [1.807, 2.05) is 56.0 Å². The van der Waals surface area contributed by atoms with Crippen molar-refractivity contribution in [3.8, 4) is 0 Å². The van der Waals surface area contributed by atoms with Gasteiger partial charge in [0.15, 0.2) is 0 Å². The van der Waals surface area contributed by atoms with Crippen molar-refractivity contribution in [3.05, 3.63) is 35.9 Å². The van der Waals surface area contributed by atoms with Crippen LogP contribution in [0.25, 0.3) is 0 Å². The number of piperidine rings is 1. The molecule has 1 aliphatic rings. The Kier molecular flexibility index (Phi) is 5.22. The first-order chi connectivity index (χ1) is 10.4. The van der Waals surface area contributed by atoms with Gasteiger partial charge in [-0.15, -0.1) is 0 Å². The van der Waals surface area contributed by atoms with Gasteiger partial charge in [0.25, 0.3) is 0 Å². The summed E-state index contributed by atoms with van der Waals surface area (Å²) in [4.78, 5) is 26.2. The van der Waals surface area contributed by atoms with E-state index in [-0.39, 0.29) is 23.3 Å². The summed E-state index contributed by atoms with van der Waals surface area (Å²) in [6.07, 6.45) is 2.13. The molecule has 1 saturated heterocycles. The van der Waals surface area contributed by atoms with Crippen LogP contribution in [0.1, 0.15) is 39.2 Å². The average molecular weight is 302 g/mol. The molecule has 1 N–H and O–H groups in total. The molecule has 0 aliphatic carbocycles. The van der Waals surface area contributed by atoms with Crippen LogP contribution in [0.15, 0.2) is 30.3 Å². The molecule has 2 rings (SSSR count). The zero-order valence-corrected chi connectivity index (χ0v) is 13.8. The van der Waals surface area contributed by atoms with Crippen molar-refractivity contribution in [2.24, 2.45) is 5.41 Å². The third kappa shape index (κ3) is 4.58. The van der Waals surface area contributed by atoms with Crippen molar-refractivity contribution >= 4 is 11.8 Å². The van der Waals surface area contributed by atoms with Gasteiger partial charge in [-0.3, -0.25) is 9.59 Å². The summed E-state index contributed by atoms with van der Waals surface area (Å²) in [5, 5.41) is 3.09. The Morgan fingerprint density at radius 1 is 1.14 bits per heavy atom. The molecule has 0 spiro atoms. The number of carbonyl (C=O) groups is 2. The second kappa shape index (κ2) is 6.95. The molecule has 120 valence electrons. The number of likely N-dealkylation sites (tertiary alicyclic amines) is 1. The summed E-state index contributed by atoms with van der Waals surface area (Å²) >= 11 is 0. The molecule has 4 nitrogen and oxygen atoms in total. The minimum Gasteiger partial charge on any atom is -0.353 e. The van der Waals surface area contributed by atoms with E-state index < -0.39 is 0 Å². The fraction of sp³-hybridized carbons (Fsp3) is 0.556. The molecule has 0 atom stereocenters. The number of hydrogen-bond donors (Lipinski definition) is 1. The van der Waals surface area contributed by atoms with Crippen molar-refractivity contribution < 1.29 is 9.59 Å². The molecule has 2 amide bonds. The lowest BCUT2D eigenvalue weighted by Gasteiger charge is -2.33. The number of nitrogens with zero attached hydrogens (tertiary/aromatic N) is 1. The minimum absolute atomic E-state index is 0.0848. The maximum Gasteiger partial charge on any atom is 0.226 e. The van der Waals surface area contributed by atoms with E-state index in [2.05, 4.69) is 5.32 Å². The zero-order valence-electron chi connectivity index (χ0n) is 13.8. The smallest absolute Gasteiger partial charge is 0.226 e. The standard InChI is InChI=1S/C18H26N2O2/c1-18(2,3)17(22)19-15-9-11-20(12-10-15)16(21)13-14-7-5-4-6-8-14/h4-8,15H,9-13H2,1-3H3,(H,19,22). The van der Waals surface area contributed by atoms with Gasteiger partial charge in [0.05, 0.1) is 6.42 Å². The lowest BCUT2D eigenvalue weighted by atomic mass is 9.94. The molecule has 4 heteroatoms. The van der Waals surface area contributed by atoms with Gasteiger partial charge < -0.3 is 10.2 Å². The number of rotatable bonds is 3. The predicted octanol–water partition coefficient (Wildman–Crippen LogP) is 2.38. The molecule has 1 heterocycles. The van der Waals surface area contributed by atoms with Gasteiger partial charge in [-0.2, -0.15) is 0 Å². The van der Waals surface area contributed by atoms with Crippen LogP contribution in [-0.2, 0) is 16.0 Å². The topological polar surface area (TPSA) is 49.4 Å². The van der Waals surface area contributed by atoms with Gasteiger partial charge in [-0.1, -0.05) is 51.1 Å². The molecule has 0 unspecified atom stereocenters. The zero-order chi connectivity index (χ0) is 16.2. The monoisotopic (exact) mass is 302 g/mol. The molecule has 1 fully saturated rings. The lowest BCUT2D eigenvalue weighted by Crippen LogP contribution is -2.49. The van der Waals surface area contributed by atoms with E-state index in [9.17, 15) is 9.59 Å². The van der Waals surface area contributed by atoms with Crippen molar-refractivity contribution in [2.75, 3.05) is 13.1 Å². The SMILES string of the molecule is CC(C)(C)C(=O)NC1CCN(C(=O)Cc2ccccc2)CC1. The minimum atomic E-state index is -0.361. The van der Waals surface area contributed by atoms with Crippen LogP contribution in [0.2, 0.25) is 0 Å². The molecule has 0 radical (unpaired) electrons. The number of carbonyl (C=O) groups excluding carboxylic acids is 2.